The molecule has 1 fully saturated rings. The Labute approximate surface area is 155 Å². The minimum Gasteiger partial charge on any atom is -0.457 e. The number of ether oxygens (including phenoxy) is 1. The Kier molecular flexibility index (Phi) is 4.44. The molecule has 4 rings (SSSR count). The Balaban J connectivity index is 1.41. The van der Waals surface area contributed by atoms with Crippen molar-refractivity contribution < 1.29 is 4.74 Å². The number of aryl methyl sites for hydroxylation is 1. The minimum atomic E-state index is 0.572. The molecule has 1 aliphatic carbocycles. The summed E-state index contributed by atoms with van der Waals surface area (Å²) < 4.78 is 8.80. The Morgan fingerprint density at radius 1 is 1.16 bits per heavy atom. The molecule has 5 nitrogen and oxygen atoms in total. The van der Waals surface area contributed by atoms with E-state index in [1.54, 1.807) is 0 Å². The summed E-state index contributed by atoms with van der Waals surface area (Å²) in [5.74, 6) is 4.10. The lowest BCUT2D eigenvalue weighted by Gasteiger charge is -2.09. The summed E-state index contributed by atoms with van der Waals surface area (Å²) in [6.07, 6.45) is 2.43. The van der Waals surface area contributed by atoms with Crippen LogP contribution in [0.4, 0.5) is 5.69 Å². The first-order chi connectivity index (χ1) is 12.2. The molecule has 0 radical (unpaired) electrons. The first-order valence-electron chi connectivity index (χ1n) is 8.34. The number of rotatable bonds is 6. The van der Waals surface area contributed by atoms with Crippen molar-refractivity contribution in [3.63, 3.8) is 0 Å². The molecule has 0 saturated heterocycles. The number of hydrogen-bond donors (Lipinski definition) is 1. The highest BCUT2D eigenvalue weighted by atomic mass is 79.9. The van der Waals surface area contributed by atoms with Crippen LogP contribution < -0.4 is 10.1 Å². The fourth-order valence-corrected chi connectivity index (χ4v) is 2.86. The van der Waals surface area contributed by atoms with Gasteiger partial charge in [0.15, 0.2) is 5.82 Å². The van der Waals surface area contributed by atoms with Crippen LogP contribution in [-0.2, 0) is 13.6 Å². The van der Waals surface area contributed by atoms with Crippen molar-refractivity contribution in [2.24, 2.45) is 7.05 Å². The van der Waals surface area contributed by atoms with Crippen molar-refractivity contribution in [2.45, 2.75) is 25.3 Å². The molecule has 1 aliphatic rings. The van der Waals surface area contributed by atoms with Crippen LogP contribution in [0.2, 0.25) is 0 Å². The molecule has 1 saturated carbocycles. The second-order valence-corrected chi connectivity index (χ2v) is 7.14. The van der Waals surface area contributed by atoms with Crippen molar-refractivity contribution >= 4 is 21.6 Å². The molecule has 0 spiro atoms. The van der Waals surface area contributed by atoms with Crippen molar-refractivity contribution in [3.05, 3.63) is 64.7 Å². The zero-order valence-electron chi connectivity index (χ0n) is 13.9. The van der Waals surface area contributed by atoms with Gasteiger partial charge in [-0.1, -0.05) is 22.0 Å². The molecule has 1 aromatic heterocycles. The van der Waals surface area contributed by atoms with Gasteiger partial charge in [-0.3, -0.25) is 4.68 Å². The highest BCUT2D eigenvalue weighted by Gasteiger charge is 2.28. The zero-order valence-corrected chi connectivity index (χ0v) is 15.5. The number of nitrogens with one attached hydrogen (secondary N) is 1. The normalized spacial score (nSPS) is 13.7. The van der Waals surface area contributed by atoms with Crippen molar-refractivity contribution in [1.82, 2.24) is 14.8 Å². The maximum Gasteiger partial charge on any atom is 0.154 e. The Morgan fingerprint density at radius 2 is 1.96 bits per heavy atom. The maximum atomic E-state index is 5.90. The van der Waals surface area contributed by atoms with Crippen molar-refractivity contribution in [2.75, 3.05) is 5.32 Å². The van der Waals surface area contributed by atoms with Crippen molar-refractivity contribution in [1.29, 1.82) is 0 Å². The van der Waals surface area contributed by atoms with Crippen LogP contribution in [0.3, 0.4) is 0 Å². The van der Waals surface area contributed by atoms with Crippen LogP contribution in [0.5, 0.6) is 11.5 Å². The van der Waals surface area contributed by atoms with Crippen molar-refractivity contribution in [3.8, 4) is 11.5 Å². The van der Waals surface area contributed by atoms with E-state index < -0.39 is 0 Å². The summed E-state index contributed by atoms with van der Waals surface area (Å²) in [5.41, 5.74) is 0.991. The van der Waals surface area contributed by atoms with Crippen LogP contribution >= 0.6 is 15.9 Å². The number of anilines is 1. The number of halogens is 1. The Bertz CT molecular complexity index is 871. The predicted octanol–water partition coefficient (Wildman–Crippen LogP) is 4.86. The summed E-state index contributed by atoms with van der Waals surface area (Å²) in [6.45, 7) is 0.637. The van der Waals surface area contributed by atoms with Gasteiger partial charge >= 0.3 is 0 Å². The largest absolute Gasteiger partial charge is 0.457 e. The lowest BCUT2D eigenvalue weighted by atomic mass is 10.3. The molecule has 6 heteroatoms. The Hall–Kier alpha value is -2.34. The van der Waals surface area contributed by atoms with Gasteiger partial charge in [-0.2, -0.15) is 5.10 Å². The van der Waals surface area contributed by atoms with Gasteiger partial charge in [-0.05, 0) is 49.2 Å². The van der Waals surface area contributed by atoms with E-state index in [1.807, 2.05) is 60.3 Å². The fraction of sp³-hybridized carbons (Fsp3) is 0.263. The van der Waals surface area contributed by atoms with Gasteiger partial charge in [-0.25, -0.2) is 4.98 Å². The van der Waals surface area contributed by atoms with Crippen LogP contribution in [-0.4, -0.2) is 14.8 Å². The van der Waals surface area contributed by atoms with E-state index in [-0.39, 0.29) is 0 Å². The van der Waals surface area contributed by atoms with Crippen LogP contribution in [0, 0.1) is 0 Å². The predicted molar refractivity (Wildman–Crippen MR) is 101 cm³/mol. The molecule has 25 heavy (non-hydrogen) atoms. The van der Waals surface area contributed by atoms with E-state index in [9.17, 15) is 0 Å². The summed E-state index contributed by atoms with van der Waals surface area (Å²) in [6, 6.07) is 15.7. The summed E-state index contributed by atoms with van der Waals surface area (Å²) >= 11 is 3.43. The SMILES string of the molecule is Cn1nc(C2CC2)nc1CNc1cccc(Oc2ccc(Br)cc2)c1. The third kappa shape index (κ3) is 4.02. The Morgan fingerprint density at radius 3 is 2.72 bits per heavy atom. The fourth-order valence-electron chi connectivity index (χ4n) is 2.60. The third-order valence-electron chi connectivity index (χ3n) is 4.15. The third-order valence-corrected chi connectivity index (χ3v) is 4.67. The monoisotopic (exact) mass is 398 g/mol. The van der Waals surface area contributed by atoms with E-state index in [4.69, 9.17) is 4.74 Å². The van der Waals surface area contributed by atoms with Gasteiger partial charge in [0, 0.05) is 29.2 Å². The minimum absolute atomic E-state index is 0.572. The van der Waals surface area contributed by atoms with E-state index in [0.29, 0.717) is 12.5 Å². The molecule has 1 heterocycles. The molecule has 0 atom stereocenters. The van der Waals surface area contributed by atoms with Crippen LogP contribution in [0.1, 0.15) is 30.4 Å². The van der Waals surface area contributed by atoms with Gasteiger partial charge < -0.3 is 10.1 Å². The number of nitrogens with zero attached hydrogens (tertiary/aromatic N) is 3. The molecular weight excluding hydrogens is 380 g/mol. The number of aromatic nitrogens is 3. The highest BCUT2D eigenvalue weighted by Crippen LogP contribution is 2.38. The van der Waals surface area contributed by atoms with Gasteiger partial charge in [0.2, 0.25) is 0 Å². The number of hydrogen-bond acceptors (Lipinski definition) is 4. The second kappa shape index (κ2) is 6.88. The molecule has 0 unspecified atom stereocenters. The molecule has 0 aliphatic heterocycles. The smallest absolute Gasteiger partial charge is 0.154 e. The van der Waals surface area contributed by atoms with Gasteiger partial charge in [0.1, 0.15) is 17.3 Å². The lowest BCUT2D eigenvalue weighted by molar-refractivity contribution is 0.483. The molecule has 2 aromatic carbocycles. The maximum absolute atomic E-state index is 5.90. The first kappa shape index (κ1) is 16.1. The van der Waals surface area contributed by atoms with Crippen LogP contribution in [0.25, 0.3) is 0 Å². The van der Waals surface area contributed by atoms with Crippen LogP contribution in [0.15, 0.2) is 53.0 Å². The average Bonchev–Trinajstić information content (AvgIpc) is 3.39. The average molecular weight is 399 g/mol. The van der Waals surface area contributed by atoms with Gasteiger partial charge in [-0.15, -0.1) is 0 Å². The first-order valence-corrected chi connectivity index (χ1v) is 9.14. The van der Waals surface area contributed by atoms with E-state index >= 15 is 0 Å². The molecule has 128 valence electrons. The van der Waals surface area contributed by atoms with Gasteiger partial charge in [0.05, 0.1) is 6.54 Å². The quantitative estimate of drug-likeness (QED) is 0.643. The van der Waals surface area contributed by atoms with E-state index in [2.05, 4.69) is 31.3 Å². The van der Waals surface area contributed by atoms with E-state index in [1.165, 1.54) is 12.8 Å². The highest BCUT2D eigenvalue weighted by molar-refractivity contribution is 9.10. The number of benzene rings is 2. The second-order valence-electron chi connectivity index (χ2n) is 6.22. The molecule has 0 amide bonds. The van der Waals surface area contributed by atoms with E-state index in [0.717, 1.165) is 33.3 Å². The lowest BCUT2D eigenvalue weighted by Crippen LogP contribution is -2.06. The summed E-state index contributed by atoms with van der Waals surface area (Å²) in [5, 5.41) is 7.90. The topological polar surface area (TPSA) is 52.0 Å². The molecule has 1 N–H and O–H groups in total. The van der Waals surface area contributed by atoms with Gasteiger partial charge in [0.25, 0.3) is 0 Å². The zero-order chi connectivity index (χ0) is 17.2. The molecule has 3 aromatic rings. The molecule has 0 bridgehead atoms. The summed E-state index contributed by atoms with van der Waals surface area (Å²) in [7, 11) is 1.95. The summed E-state index contributed by atoms with van der Waals surface area (Å²) in [4.78, 5) is 4.64. The molecular formula is C19H19BrN4O. The standard InChI is InChI=1S/C19H19BrN4O/c1-24-18(22-19(23-24)13-5-6-13)12-21-15-3-2-4-17(11-15)25-16-9-7-14(20)8-10-16/h2-4,7-11,13,21H,5-6,12H2,1H3.